The Hall–Kier alpha value is -1.14. The lowest BCUT2D eigenvalue weighted by Crippen LogP contribution is -2.52. The first-order valence-electron chi connectivity index (χ1n) is 7.47. The van der Waals surface area contributed by atoms with Crippen molar-refractivity contribution < 1.29 is 14.3 Å². The summed E-state index contributed by atoms with van der Waals surface area (Å²) >= 11 is 0. The predicted octanol–water partition coefficient (Wildman–Crippen LogP) is -0.0364. The molecule has 0 aromatic rings. The summed E-state index contributed by atoms with van der Waals surface area (Å²) in [6.07, 6.45) is 4.52. The van der Waals surface area contributed by atoms with E-state index in [0.717, 1.165) is 38.8 Å². The molecule has 0 radical (unpaired) electrons. The fraction of sp³-hybridized carbons (Fsp3) is 0.857. The average Bonchev–Trinajstić information content (AvgIpc) is 2.48. The van der Waals surface area contributed by atoms with E-state index < -0.39 is 6.04 Å². The maximum Gasteiger partial charge on any atom is 0.328 e. The van der Waals surface area contributed by atoms with Gasteiger partial charge in [-0.15, -0.1) is 0 Å². The summed E-state index contributed by atoms with van der Waals surface area (Å²) in [7, 11) is 1.38. The zero-order chi connectivity index (χ0) is 14.5. The Labute approximate surface area is 120 Å². The number of nitrogens with two attached hydrogens (primary N) is 1. The van der Waals surface area contributed by atoms with Gasteiger partial charge in [-0.05, 0) is 32.1 Å². The molecule has 0 aromatic heterocycles. The molecule has 2 aliphatic heterocycles. The molecule has 114 valence electrons. The maximum atomic E-state index is 12.4. The minimum Gasteiger partial charge on any atom is -0.467 e. The molecule has 0 aromatic carbocycles. The first-order chi connectivity index (χ1) is 9.61. The van der Waals surface area contributed by atoms with E-state index in [0.29, 0.717) is 19.5 Å². The van der Waals surface area contributed by atoms with Crippen molar-refractivity contribution in [1.82, 2.24) is 9.80 Å². The van der Waals surface area contributed by atoms with Gasteiger partial charge < -0.3 is 15.4 Å². The lowest BCUT2D eigenvalue weighted by molar-refractivity contribution is -0.155. The van der Waals surface area contributed by atoms with E-state index in [1.165, 1.54) is 7.11 Å². The summed E-state index contributed by atoms with van der Waals surface area (Å²) < 4.78 is 4.81. The Morgan fingerprint density at radius 2 is 1.85 bits per heavy atom. The van der Waals surface area contributed by atoms with Crippen LogP contribution in [0.15, 0.2) is 0 Å². The second-order valence-corrected chi connectivity index (χ2v) is 5.74. The quantitative estimate of drug-likeness (QED) is 0.736. The molecule has 2 N–H and O–H groups in total. The fourth-order valence-corrected chi connectivity index (χ4v) is 3.00. The lowest BCUT2D eigenvalue weighted by atomic mass is 10.0. The van der Waals surface area contributed by atoms with E-state index in [2.05, 4.69) is 4.90 Å². The third kappa shape index (κ3) is 3.70. The second-order valence-electron chi connectivity index (χ2n) is 5.74. The van der Waals surface area contributed by atoms with Crippen molar-refractivity contribution in [3.05, 3.63) is 0 Å². The number of carbonyl (C=O) groups excluding carboxylic acids is 2. The standard InChI is InChI=1S/C14H25N3O3/c1-20-14(19)12-4-2-3-7-17(12)13(18)10-16-8-5-11(15)6-9-16/h11-12H,2-10,15H2,1H3. The molecule has 2 rings (SSSR count). The zero-order valence-electron chi connectivity index (χ0n) is 12.2. The van der Waals surface area contributed by atoms with Gasteiger partial charge >= 0.3 is 5.97 Å². The van der Waals surface area contributed by atoms with Crippen LogP contribution in [-0.4, -0.2) is 67.0 Å². The highest BCUT2D eigenvalue weighted by Gasteiger charge is 2.33. The normalized spacial score (nSPS) is 25.5. The molecule has 2 fully saturated rings. The number of esters is 1. The molecule has 1 atom stereocenters. The summed E-state index contributed by atoms with van der Waals surface area (Å²) in [5, 5.41) is 0. The van der Waals surface area contributed by atoms with Crippen LogP contribution in [0, 0.1) is 0 Å². The van der Waals surface area contributed by atoms with Crippen molar-refractivity contribution in [3.63, 3.8) is 0 Å². The highest BCUT2D eigenvalue weighted by molar-refractivity contribution is 5.85. The average molecular weight is 283 g/mol. The highest BCUT2D eigenvalue weighted by atomic mass is 16.5. The first-order valence-corrected chi connectivity index (χ1v) is 7.47. The van der Waals surface area contributed by atoms with Gasteiger partial charge in [-0.2, -0.15) is 0 Å². The molecule has 2 saturated heterocycles. The minimum atomic E-state index is -0.395. The topological polar surface area (TPSA) is 75.9 Å². The summed E-state index contributed by atoms with van der Waals surface area (Å²) in [6, 6.07) is -0.132. The number of piperidine rings is 2. The smallest absolute Gasteiger partial charge is 0.328 e. The lowest BCUT2D eigenvalue weighted by Gasteiger charge is -2.36. The Kier molecular flexibility index (Phi) is 5.37. The number of nitrogens with zero attached hydrogens (tertiary/aromatic N) is 2. The Morgan fingerprint density at radius 1 is 1.15 bits per heavy atom. The molecule has 2 aliphatic rings. The van der Waals surface area contributed by atoms with Gasteiger partial charge in [0.2, 0.25) is 5.91 Å². The van der Waals surface area contributed by atoms with E-state index in [1.807, 2.05) is 0 Å². The third-order valence-corrected chi connectivity index (χ3v) is 4.29. The predicted molar refractivity (Wildman–Crippen MR) is 75.0 cm³/mol. The van der Waals surface area contributed by atoms with Crippen molar-refractivity contribution in [2.24, 2.45) is 5.73 Å². The van der Waals surface area contributed by atoms with Crippen LogP contribution >= 0.6 is 0 Å². The van der Waals surface area contributed by atoms with Crippen molar-refractivity contribution in [2.75, 3.05) is 33.3 Å². The highest BCUT2D eigenvalue weighted by Crippen LogP contribution is 2.19. The van der Waals surface area contributed by atoms with Crippen LogP contribution in [0.4, 0.5) is 0 Å². The number of amides is 1. The maximum absolute atomic E-state index is 12.4. The number of carbonyl (C=O) groups is 2. The van der Waals surface area contributed by atoms with Crippen molar-refractivity contribution in [3.8, 4) is 0 Å². The Bertz CT molecular complexity index is 354. The molecule has 0 aliphatic carbocycles. The number of ether oxygens (including phenoxy) is 1. The van der Waals surface area contributed by atoms with E-state index in [1.54, 1.807) is 4.90 Å². The van der Waals surface area contributed by atoms with Gasteiger partial charge in [0.15, 0.2) is 0 Å². The number of rotatable bonds is 3. The number of hydrogen-bond donors (Lipinski definition) is 1. The third-order valence-electron chi connectivity index (χ3n) is 4.29. The number of methoxy groups -OCH3 is 1. The molecule has 2 heterocycles. The summed E-state index contributed by atoms with van der Waals surface area (Å²) in [4.78, 5) is 28.0. The molecular weight excluding hydrogens is 258 g/mol. The molecule has 6 heteroatoms. The van der Waals surface area contributed by atoms with Crippen molar-refractivity contribution in [1.29, 1.82) is 0 Å². The largest absolute Gasteiger partial charge is 0.467 e. The van der Waals surface area contributed by atoms with Gasteiger partial charge in [-0.1, -0.05) is 0 Å². The van der Waals surface area contributed by atoms with Crippen molar-refractivity contribution >= 4 is 11.9 Å². The van der Waals surface area contributed by atoms with E-state index in [4.69, 9.17) is 10.5 Å². The summed E-state index contributed by atoms with van der Waals surface area (Å²) in [5.74, 6) is -0.255. The van der Waals surface area contributed by atoms with E-state index >= 15 is 0 Å². The van der Waals surface area contributed by atoms with Crippen LogP contribution in [0.2, 0.25) is 0 Å². The molecule has 1 amide bonds. The van der Waals surface area contributed by atoms with Gasteiger partial charge in [0.1, 0.15) is 6.04 Å². The van der Waals surface area contributed by atoms with E-state index in [-0.39, 0.29) is 17.9 Å². The second kappa shape index (κ2) is 7.04. The number of likely N-dealkylation sites (tertiary alicyclic amines) is 2. The van der Waals surface area contributed by atoms with Crippen LogP contribution in [-0.2, 0) is 14.3 Å². The molecule has 1 unspecified atom stereocenters. The number of hydrogen-bond acceptors (Lipinski definition) is 5. The Morgan fingerprint density at radius 3 is 2.50 bits per heavy atom. The minimum absolute atomic E-state index is 0.0376. The molecule has 0 saturated carbocycles. The molecule has 6 nitrogen and oxygen atoms in total. The summed E-state index contributed by atoms with van der Waals surface area (Å²) in [6.45, 7) is 2.78. The molecule has 0 spiro atoms. The van der Waals surface area contributed by atoms with Crippen molar-refractivity contribution in [2.45, 2.75) is 44.2 Å². The summed E-state index contributed by atoms with van der Waals surface area (Å²) in [5.41, 5.74) is 5.87. The van der Waals surface area contributed by atoms with Gasteiger partial charge in [0.05, 0.1) is 13.7 Å². The van der Waals surface area contributed by atoms with Crippen LogP contribution in [0.25, 0.3) is 0 Å². The van der Waals surface area contributed by atoms with Crippen LogP contribution in [0.5, 0.6) is 0 Å². The van der Waals surface area contributed by atoms with E-state index in [9.17, 15) is 9.59 Å². The van der Waals surface area contributed by atoms with Gasteiger partial charge in [0, 0.05) is 25.7 Å². The monoisotopic (exact) mass is 283 g/mol. The SMILES string of the molecule is COC(=O)C1CCCCN1C(=O)CN1CCC(N)CC1. The van der Waals surface area contributed by atoms with Crippen LogP contribution < -0.4 is 5.73 Å². The van der Waals surface area contributed by atoms with Gasteiger partial charge in [-0.25, -0.2) is 4.79 Å². The zero-order valence-corrected chi connectivity index (χ0v) is 12.2. The fourth-order valence-electron chi connectivity index (χ4n) is 3.00. The first kappa shape index (κ1) is 15.3. The van der Waals surface area contributed by atoms with Crippen LogP contribution in [0.3, 0.4) is 0 Å². The molecule has 20 heavy (non-hydrogen) atoms. The molecule has 0 bridgehead atoms. The van der Waals surface area contributed by atoms with Crippen LogP contribution in [0.1, 0.15) is 32.1 Å². The van der Waals surface area contributed by atoms with Gasteiger partial charge in [-0.3, -0.25) is 9.69 Å². The Balaban J connectivity index is 1.90. The molecular formula is C14H25N3O3. The van der Waals surface area contributed by atoms with Gasteiger partial charge in [0.25, 0.3) is 0 Å².